The number of rotatable bonds is 4. The molecule has 3 aromatic rings. The van der Waals surface area contributed by atoms with E-state index in [1.54, 1.807) is 17.5 Å². The highest BCUT2D eigenvalue weighted by molar-refractivity contribution is 7.20. The number of urea groups is 1. The highest BCUT2D eigenvalue weighted by atomic mass is 32.1. The van der Waals surface area contributed by atoms with E-state index < -0.39 is 11.9 Å². The van der Waals surface area contributed by atoms with E-state index in [0.29, 0.717) is 23.5 Å². The van der Waals surface area contributed by atoms with Crippen LogP contribution in [0, 0.1) is 6.92 Å². The molecular weight excluding hydrogens is 372 g/mol. The van der Waals surface area contributed by atoms with Crippen molar-refractivity contribution in [3.05, 3.63) is 39.1 Å². The fraction of sp³-hybridized carbons (Fsp3) is 0.250. The molecule has 0 fully saturated rings. The van der Waals surface area contributed by atoms with E-state index in [1.807, 2.05) is 17.0 Å². The molecule has 0 unspecified atom stereocenters. The summed E-state index contributed by atoms with van der Waals surface area (Å²) in [5.41, 5.74) is 15.0. The van der Waals surface area contributed by atoms with Crippen LogP contribution in [-0.2, 0) is 19.4 Å². The summed E-state index contributed by atoms with van der Waals surface area (Å²) in [7, 11) is 0. The van der Waals surface area contributed by atoms with Gasteiger partial charge in [-0.05, 0) is 25.3 Å². The number of carbonyl (C=O) groups is 2. The zero-order chi connectivity index (χ0) is 18.4. The number of nitrogens with zero attached hydrogens (tertiary/aromatic N) is 3. The van der Waals surface area contributed by atoms with Gasteiger partial charge in [-0.1, -0.05) is 0 Å². The summed E-state index contributed by atoms with van der Waals surface area (Å²) in [6, 6.07) is -0.721. The van der Waals surface area contributed by atoms with Gasteiger partial charge in [-0.2, -0.15) is 5.10 Å². The largest absolute Gasteiger partial charge is 0.365 e. The first-order valence-electron chi connectivity index (χ1n) is 7.92. The Morgan fingerprint density at radius 1 is 1.35 bits per heavy atom. The van der Waals surface area contributed by atoms with Gasteiger partial charge < -0.3 is 11.5 Å². The summed E-state index contributed by atoms with van der Waals surface area (Å²) >= 11 is 2.92. The van der Waals surface area contributed by atoms with Gasteiger partial charge in [-0.25, -0.2) is 9.78 Å². The molecule has 3 heterocycles. The van der Waals surface area contributed by atoms with Crippen LogP contribution >= 0.6 is 22.7 Å². The minimum absolute atomic E-state index is 0.345. The third-order valence-corrected chi connectivity index (χ3v) is 6.28. The summed E-state index contributed by atoms with van der Waals surface area (Å²) < 4.78 is 1.94. The standard InChI is InChI=1S/C16H16N6O2S2/c1-7-20-8(6-25-7)5-22-11-3-2-9-12(14(17)23)15(21-16(18)24)26-13(9)10(11)4-19-22/h4,6H,2-3,5H2,1H3,(H2,17,23)(H3,18,21,24). The Morgan fingerprint density at radius 2 is 2.15 bits per heavy atom. The minimum Gasteiger partial charge on any atom is -0.365 e. The van der Waals surface area contributed by atoms with Crippen LogP contribution in [0.4, 0.5) is 9.80 Å². The Balaban J connectivity index is 1.76. The van der Waals surface area contributed by atoms with E-state index in [2.05, 4.69) is 15.4 Å². The molecule has 3 amide bonds. The SMILES string of the molecule is Cc1nc(Cn2ncc3c2CCc2c-3sc(NC(N)=O)c2C(N)=O)cs1. The smallest absolute Gasteiger partial charge is 0.317 e. The van der Waals surface area contributed by atoms with E-state index in [9.17, 15) is 9.59 Å². The van der Waals surface area contributed by atoms with Gasteiger partial charge in [0.05, 0.1) is 29.0 Å². The maximum Gasteiger partial charge on any atom is 0.317 e. The van der Waals surface area contributed by atoms with Crippen molar-refractivity contribution in [3.63, 3.8) is 0 Å². The number of thiophene rings is 1. The number of fused-ring (bicyclic) bond motifs is 3. The van der Waals surface area contributed by atoms with Gasteiger partial charge in [0, 0.05) is 21.5 Å². The molecule has 0 aliphatic heterocycles. The fourth-order valence-corrected chi connectivity index (χ4v) is 5.15. The van der Waals surface area contributed by atoms with E-state index in [-0.39, 0.29) is 0 Å². The highest BCUT2D eigenvalue weighted by Crippen LogP contribution is 2.45. The molecule has 26 heavy (non-hydrogen) atoms. The number of hydrogen-bond donors (Lipinski definition) is 3. The molecule has 3 aromatic heterocycles. The summed E-state index contributed by atoms with van der Waals surface area (Å²) in [5.74, 6) is -0.569. The van der Waals surface area contributed by atoms with Crippen LogP contribution < -0.4 is 16.8 Å². The Bertz CT molecular complexity index is 1030. The number of nitrogens with two attached hydrogens (primary N) is 2. The number of thiazole rings is 1. The number of carbonyl (C=O) groups excluding carboxylic acids is 2. The first-order valence-corrected chi connectivity index (χ1v) is 9.61. The maximum absolute atomic E-state index is 11.9. The number of primary amides is 2. The average Bonchev–Trinajstić information content (AvgIpc) is 3.24. The van der Waals surface area contributed by atoms with Crippen molar-refractivity contribution in [2.24, 2.45) is 11.5 Å². The monoisotopic (exact) mass is 388 g/mol. The predicted octanol–water partition coefficient (Wildman–Crippen LogP) is 2.11. The summed E-state index contributed by atoms with van der Waals surface area (Å²) in [6.45, 7) is 2.58. The predicted molar refractivity (Wildman–Crippen MR) is 101 cm³/mol. The molecule has 8 nitrogen and oxygen atoms in total. The molecule has 0 aromatic carbocycles. The second-order valence-corrected chi connectivity index (χ2v) is 8.07. The van der Waals surface area contributed by atoms with Crippen molar-refractivity contribution in [2.45, 2.75) is 26.3 Å². The van der Waals surface area contributed by atoms with Crippen LogP contribution in [0.3, 0.4) is 0 Å². The second-order valence-electron chi connectivity index (χ2n) is 5.99. The van der Waals surface area contributed by atoms with Crippen LogP contribution in [0.5, 0.6) is 0 Å². The van der Waals surface area contributed by atoms with Crippen molar-refractivity contribution in [1.82, 2.24) is 14.8 Å². The second kappa shape index (κ2) is 6.22. The summed E-state index contributed by atoms with van der Waals surface area (Å²) in [4.78, 5) is 28.6. The van der Waals surface area contributed by atoms with Crippen molar-refractivity contribution >= 4 is 39.6 Å². The molecule has 4 rings (SSSR count). The number of nitrogens with one attached hydrogen (secondary N) is 1. The Hall–Kier alpha value is -2.72. The molecule has 0 saturated heterocycles. The molecule has 134 valence electrons. The van der Waals surface area contributed by atoms with Crippen molar-refractivity contribution < 1.29 is 9.59 Å². The lowest BCUT2D eigenvalue weighted by Crippen LogP contribution is -2.22. The number of hydrogen-bond acceptors (Lipinski definition) is 6. The molecule has 10 heteroatoms. The van der Waals surface area contributed by atoms with E-state index in [1.165, 1.54) is 11.3 Å². The number of anilines is 1. The molecule has 0 saturated carbocycles. The van der Waals surface area contributed by atoms with Crippen LogP contribution in [0.25, 0.3) is 10.4 Å². The topological polar surface area (TPSA) is 129 Å². The zero-order valence-corrected chi connectivity index (χ0v) is 15.5. The average molecular weight is 388 g/mol. The lowest BCUT2D eigenvalue weighted by molar-refractivity contribution is 0.100. The Morgan fingerprint density at radius 3 is 2.81 bits per heavy atom. The first-order chi connectivity index (χ1) is 12.4. The molecule has 0 spiro atoms. The minimum atomic E-state index is -0.721. The third kappa shape index (κ3) is 2.76. The molecular formula is C16H16N6O2S2. The van der Waals surface area contributed by atoms with Crippen LogP contribution in [0.1, 0.15) is 32.3 Å². The normalized spacial score (nSPS) is 12.5. The quantitative estimate of drug-likeness (QED) is 0.632. The van der Waals surface area contributed by atoms with E-state index in [4.69, 9.17) is 11.5 Å². The van der Waals surface area contributed by atoms with E-state index >= 15 is 0 Å². The summed E-state index contributed by atoms with van der Waals surface area (Å²) in [5, 5.41) is 10.5. The highest BCUT2D eigenvalue weighted by Gasteiger charge is 2.30. The van der Waals surface area contributed by atoms with Gasteiger partial charge in [0.1, 0.15) is 5.00 Å². The van der Waals surface area contributed by atoms with E-state index in [0.717, 1.165) is 38.8 Å². The zero-order valence-electron chi connectivity index (χ0n) is 13.9. The Kier molecular flexibility index (Phi) is 4.00. The molecule has 1 aliphatic rings. The maximum atomic E-state index is 11.9. The number of aromatic nitrogens is 3. The van der Waals surface area contributed by atoms with Gasteiger partial charge in [-0.15, -0.1) is 22.7 Å². The Labute approximate surface area is 156 Å². The molecule has 0 radical (unpaired) electrons. The van der Waals surface area contributed by atoms with Crippen molar-refractivity contribution in [3.8, 4) is 10.4 Å². The lowest BCUT2D eigenvalue weighted by Gasteiger charge is -2.15. The van der Waals surface area contributed by atoms with Gasteiger partial charge in [0.2, 0.25) is 0 Å². The van der Waals surface area contributed by atoms with Crippen LogP contribution in [0.2, 0.25) is 0 Å². The van der Waals surface area contributed by atoms with Gasteiger partial charge in [-0.3, -0.25) is 14.8 Å². The first kappa shape index (κ1) is 16.7. The van der Waals surface area contributed by atoms with Crippen molar-refractivity contribution in [1.29, 1.82) is 0 Å². The van der Waals surface area contributed by atoms with Gasteiger partial charge >= 0.3 is 6.03 Å². The molecule has 0 bridgehead atoms. The van der Waals surface area contributed by atoms with Gasteiger partial charge in [0.15, 0.2) is 0 Å². The summed E-state index contributed by atoms with van der Waals surface area (Å²) in [6.07, 6.45) is 3.18. The third-order valence-electron chi connectivity index (χ3n) is 4.27. The fourth-order valence-electron chi connectivity index (χ4n) is 3.26. The number of aryl methyl sites for hydroxylation is 1. The molecule has 1 aliphatic carbocycles. The van der Waals surface area contributed by atoms with Crippen molar-refractivity contribution in [2.75, 3.05) is 5.32 Å². The molecule has 5 N–H and O–H groups in total. The van der Waals surface area contributed by atoms with Crippen LogP contribution in [-0.4, -0.2) is 26.7 Å². The number of amides is 3. The lowest BCUT2D eigenvalue weighted by atomic mass is 9.93. The molecule has 0 atom stereocenters. The van der Waals surface area contributed by atoms with Gasteiger partial charge in [0.25, 0.3) is 5.91 Å². The van der Waals surface area contributed by atoms with Crippen LogP contribution in [0.15, 0.2) is 11.6 Å².